The summed E-state index contributed by atoms with van der Waals surface area (Å²) in [6.07, 6.45) is 5.93. The van der Waals surface area contributed by atoms with Crippen molar-refractivity contribution in [1.29, 1.82) is 0 Å². The lowest BCUT2D eigenvalue weighted by atomic mass is 9.95. The van der Waals surface area contributed by atoms with Crippen LogP contribution in [0.2, 0.25) is 0 Å². The van der Waals surface area contributed by atoms with Crippen LogP contribution < -0.4 is 4.90 Å². The largest absolute Gasteiger partial charge is 0.345 e. The van der Waals surface area contributed by atoms with Gasteiger partial charge in [-0.05, 0) is 53.1 Å². The van der Waals surface area contributed by atoms with Crippen LogP contribution in [0.15, 0.2) is 48.5 Å². The number of fused-ring (bicyclic) bond motifs is 1. The van der Waals surface area contributed by atoms with Crippen LogP contribution in [0.3, 0.4) is 0 Å². The maximum Gasteiger partial charge on any atom is 0.186 e. The normalized spacial score (nSPS) is 19.0. The predicted molar refractivity (Wildman–Crippen MR) is 132 cm³/mol. The maximum atomic E-state index is 13.8. The molecule has 2 aliphatic rings. The Hall–Kier alpha value is -2.91. The van der Waals surface area contributed by atoms with Crippen LogP contribution in [-0.2, 0) is 0 Å². The van der Waals surface area contributed by atoms with Crippen LogP contribution in [-0.4, -0.2) is 56.3 Å². The van der Waals surface area contributed by atoms with E-state index in [1.54, 1.807) is 11.3 Å². The molecule has 6 rings (SSSR count). The number of benzene rings is 2. The Morgan fingerprint density at radius 1 is 0.912 bits per heavy atom. The Morgan fingerprint density at radius 3 is 2.44 bits per heavy atom. The zero-order valence-electron chi connectivity index (χ0n) is 19.1. The molecule has 0 radical (unpaired) electrons. The molecule has 0 amide bonds. The van der Waals surface area contributed by atoms with Crippen molar-refractivity contribution in [3.63, 3.8) is 0 Å². The molecule has 3 heterocycles. The van der Waals surface area contributed by atoms with Gasteiger partial charge in [0.2, 0.25) is 0 Å². The van der Waals surface area contributed by atoms with Gasteiger partial charge in [-0.15, -0.1) is 5.10 Å². The van der Waals surface area contributed by atoms with Gasteiger partial charge in [-0.3, -0.25) is 4.90 Å². The van der Waals surface area contributed by atoms with Gasteiger partial charge in [0.15, 0.2) is 11.0 Å². The van der Waals surface area contributed by atoms with E-state index in [1.165, 1.54) is 36.1 Å². The number of rotatable bonds is 5. The number of para-hydroxylation sites is 1. The molecule has 0 bridgehead atoms. The Balaban J connectivity index is 1.27. The first-order chi connectivity index (χ1) is 16.8. The first-order valence-electron chi connectivity index (χ1n) is 12.1. The highest BCUT2D eigenvalue weighted by Crippen LogP contribution is 2.35. The fourth-order valence-corrected chi connectivity index (χ4v) is 6.32. The van der Waals surface area contributed by atoms with E-state index in [1.807, 2.05) is 22.9 Å². The van der Waals surface area contributed by atoms with Crippen LogP contribution >= 0.6 is 11.3 Å². The zero-order valence-corrected chi connectivity index (χ0v) is 19.9. The van der Waals surface area contributed by atoms with E-state index < -0.39 is 0 Å². The number of anilines is 1. The van der Waals surface area contributed by atoms with Crippen molar-refractivity contribution < 1.29 is 4.39 Å². The molecule has 0 unspecified atom stereocenters. The van der Waals surface area contributed by atoms with Crippen molar-refractivity contribution in [2.75, 3.05) is 31.1 Å². The van der Waals surface area contributed by atoms with Gasteiger partial charge in [-0.25, -0.2) is 14.1 Å². The summed E-state index contributed by atoms with van der Waals surface area (Å²) in [6.45, 7) is 3.47. The molecule has 9 heteroatoms. The Labute approximate surface area is 202 Å². The smallest absolute Gasteiger partial charge is 0.186 e. The van der Waals surface area contributed by atoms with E-state index in [2.05, 4.69) is 43.5 Å². The summed E-state index contributed by atoms with van der Waals surface area (Å²) in [5, 5.41) is 14.1. The van der Waals surface area contributed by atoms with E-state index in [4.69, 9.17) is 4.98 Å². The molecule has 4 aromatic rings. The molecule has 1 aliphatic heterocycles. The minimum atomic E-state index is -0.227. The fourth-order valence-electron chi connectivity index (χ4n) is 5.30. The summed E-state index contributed by atoms with van der Waals surface area (Å²) < 4.78 is 17.0. The monoisotopic (exact) mass is 477 g/mol. The third kappa shape index (κ3) is 4.18. The third-order valence-electron chi connectivity index (χ3n) is 7.10. The van der Waals surface area contributed by atoms with Gasteiger partial charge < -0.3 is 4.90 Å². The number of aromatic nitrogens is 5. The topological polar surface area (TPSA) is 63.0 Å². The van der Waals surface area contributed by atoms with Crippen molar-refractivity contribution >= 4 is 26.7 Å². The van der Waals surface area contributed by atoms with Crippen molar-refractivity contribution in [2.24, 2.45) is 0 Å². The van der Waals surface area contributed by atoms with Crippen molar-refractivity contribution in [3.8, 4) is 0 Å². The van der Waals surface area contributed by atoms with Gasteiger partial charge in [0.25, 0.3) is 0 Å². The van der Waals surface area contributed by atoms with Crippen LogP contribution in [0.4, 0.5) is 9.52 Å². The molecule has 7 nitrogen and oxygen atoms in total. The molecule has 34 heavy (non-hydrogen) atoms. The summed E-state index contributed by atoms with van der Waals surface area (Å²) in [5.41, 5.74) is 2.09. The van der Waals surface area contributed by atoms with Gasteiger partial charge in [-0.2, -0.15) is 0 Å². The van der Waals surface area contributed by atoms with Gasteiger partial charge in [0.1, 0.15) is 5.82 Å². The summed E-state index contributed by atoms with van der Waals surface area (Å²) in [6, 6.07) is 15.4. The van der Waals surface area contributed by atoms with E-state index in [0.717, 1.165) is 61.1 Å². The highest BCUT2D eigenvalue weighted by Gasteiger charge is 2.33. The highest BCUT2D eigenvalue weighted by molar-refractivity contribution is 7.22. The fraction of sp³-hybridized carbons (Fsp3) is 0.440. The van der Waals surface area contributed by atoms with Gasteiger partial charge in [-0.1, -0.05) is 54.9 Å². The number of piperazine rings is 1. The molecule has 1 saturated heterocycles. The lowest BCUT2D eigenvalue weighted by molar-refractivity contribution is 0.193. The molecule has 2 aromatic carbocycles. The average molecular weight is 478 g/mol. The SMILES string of the molecule is Fc1ccc([C@H](c2nnnn2C2CCCCC2)N2CCN(c3nc4ccccc4s3)CC2)cc1. The Bertz CT molecular complexity index is 1210. The quantitative estimate of drug-likeness (QED) is 0.410. The maximum absolute atomic E-state index is 13.8. The van der Waals surface area contributed by atoms with Crippen LogP contribution in [0.1, 0.15) is 55.6 Å². The molecular formula is C25H28FN7S. The van der Waals surface area contributed by atoms with Crippen LogP contribution in [0.5, 0.6) is 0 Å². The molecule has 0 N–H and O–H groups in total. The summed E-state index contributed by atoms with van der Waals surface area (Å²) in [7, 11) is 0. The zero-order chi connectivity index (χ0) is 22.9. The number of halogens is 1. The number of thiazole rings is 1. The van der Waals surface area contributed by atoms with E-state index in [9.17, 15) is 4.39 Å². The van der Waals surface area contributed by atoms with Crippen molar-refractivity contribution in [3.05, 3.63) is 65.7 Å². The lowest BCUT2D eigenvalue weighted by Gasteiger charge is -2.39. The van der Waals surface area contributed by atoms with Gasteiger partial charge >= 0.3 is 0 Å². The van der Waals surface area contributed by atoms with E-state index >= 15 is 0 Å². The lowest BCUT2D eigenvalue weighted by Crippen LogP contribution is -2.48. The van der Waals surface area contributed by atoms with Crippen molar-refractivity contribution in [2.45, 2.75) is 44.2 Å². The number of tetrazole rings is 1. The second-order valence-electron chi connectivity index (χ2n) is 9.21. The number of hydrogen-bond donors (Lipinski definition) is 0. The van der Waals surface area contributed by atoms with E-state index in [-0.39, 0.29) is 11.9 Å². The highest BCUT2D eigenvalue weighted by atomic mass is 32.1. The summed E-state index contributed by atoms with van der Waals surface area (Å²) >= 11 is 1.75. The molecule has 176 valence electrons. The van der Waals surface area contributed by atoms with Crippen LogP contribution in [0, 0.1) is 5.82 Å². The summed E-state index contributed by atoms with van der Waals surface area (Å²) in [4.78, 5) is 9.65. The number of nitrogens with zero attached hydrogens (tertiary/aromatic N) is 7. The Morgan fingerprint density at radius 2 is 1.68 bits per heavy atom. The van der Waals surface area contributed by atoms with Crippen molar-refractivity contribution in [1.82, 2.24) is 30.1 Å². The average Bonchev–Trinajstić information content (AvgIpc) is 3.54. The standard InChI is InChI=1S/C25H28FN7S/c26-19-12-10-18(11-13-19)23(24-28-29-30-33(24)20-6-2-1-3-7-20)31-14-16-32(17-15-31)25-27-21-8-4-5-9-22(21)34-25/h4-5,8-13,20,23H,1-3,6-7,14-17H2/t23-/m1/s1. The minimum absolute atomic E-state index is 0.102. The minimum Gasteiger partial charge on any atom is -0.345 e. The Kier molecular flexibility index (Phi) is 5.97. The second-order valence-corrected chi connectivity index (χ2v) is 10.2. The van der Waals surface area contributed by atoms with E-state index in [0.29, 0.717) is 6.04 Å². The third-order valence-corrected chi connectivity index (χ3v) is 8.20. The number of hydrogen-bond acceptors (Lipinski definition) is 7. The molecule has 2 aromatic heterocycles. The van der Waals surface area contributed by atoms with Gasteiger partial charge in [0.05, 0.1) is 22.3 Å². The summed E-state index contributed by atoms with van der Waals surface area (Å²) in [5.74, 6) is 0.641. The first kappa shape index (κ1) is 21.6. The molecule has 1 aliphatic carbocycles. The van der Waals surface area contributed by atoms with Crippen LogP contribution in [0.25, 0.3) is 10.2 Å². The molecular weight excluding hydrogens is 449 g/mol. The second kappa shape index (κ2) is 9.38. The molecule has 0 spiro atoms. The first-order valence-corrected chi connectivity index (χ1v) is 13.0. The molecule has 1 atom stereocenters. The molecule has 2 fully saturated rings. The predicted octanol–water partition coefficient (Wildman–Crippen LogP) is 4.84. The van der Waals surface area contributed by atoms with Gasteiger partial charge in [0, 0.05) is 26.2 Å². The molecule has 1 saturated carbocycles.